The number of methoxy groups -OCH3 is 1. The summed E-state index contributed by atoms with van der Waals surface area (Å²) in [4.78, 5) is 11.7. The Labute approximate surface area is 96.2 Å². The molecule has 3 unspecified atom stereocenters. The smallest absolute Gasteiger partial charge is 0.337 e. The fourth-order valence-corrected chi connectivity index (χ4v) is 2.09. The Morgan fingerprint density at radius 1 is 1.38 bits per heavy atom. The molecular weight excluding hydrogens is 208 g/mol. The molecule has 0 aromatic rings. The number of esters is 1. The summed E-state index contributed by atoms with van der Waals surface area (Å²) in [5.41, 5.74) is -0.840. The number of carbonyl (C=O) groups excluding carboxylic acids is 1. The highest BCUT2D eigenvalue weighted by molar-refractivity contribution is 5.78. The zero-order valence-corrected chi connectivity index (χ0v) is 10.2. The highest BCUT2D eigenvalue weighted by atomic mass is 16.6. The molecule has 0 aromatic heterocycles. The minimum absolute atomic E-state index is 0.283. The van der Waals surface area contributed by atoms with E-state index in [-0.39, 0.29) is 5.97 Å². The molecule has 0 radical (unpaired) electrons. The molecule has 16 heavy (non-hydrogen) atoms. The molecule has 3 atom stereocenters. The van der Waals surface area contributed by atoms with Crippen LogP contribution >= 0.6 is 0 Å². The maximum atomic E-state index is 11.7. The van der Waals surface area contributed by atoms with Crippen molar-refractivity contribution in [2.24, 2.45) is 5.92 Å². The van der Waals surface area contributed by atoms with Crippen LogP contribution in [0.5, 0.6) is 0 Å². The fraction of sp³-hybridized carbons (Fsp3) is 0.917. The first-order valence-electron chi connectivity index (χ1n) is 5.91. The zero-order valence-electron chi connectivity index (χ0n) is 10.2. The quantitative estimate of drug-likeness (QED) is 0.540. The molecule has 1 saturated heterocycles. The number of epoxide rings is 1. The molecule has 2 rings (SSSR count). The van der Waals surface area contributed by atoms with Crippen molar-refractivity contribution in [2.45, 2.75) is 50.9 Å². The molecule has 92 valence electrons. The van der Waals surface area contributed by atoms with Gasteiger partial charge in [0.05, 0.1) is 18.8 Å². The third kappa shape index (κ3) is 2.55. The van der Waals surface area contributed by atoms with Gasteiger partial charge in [-0.1, -0.05) is 0 Å². The van der Waals surface area contributed by atoms with Crippen LogP contribution in [0.4, 0.5) is 0 Å². The van der Waals surface area contributed by atoms with Gasteiger partial charge < -0.3 is 14.2 Å². The van der Waals surface area contributed by atoms with E-state index in [0.717, 1.165) is 19.3 Å². The summed E-state index contributed by atoms with van der Waals surface area (Å²) in [6, 6.07) is 0. The van der Waals surface area contributed by atoms with Crippen LogP contribution < -0.4 is 0 Å². The molecule has 4 nitrogen and oxygen atoms in total. The second-order valence-corrected chi connectivity index (χ2v) is 5.20. The van der Waals surface area contributed by atoms with Gasteiger partial charge in [-0.2, -0.15) is 0 Å². The van der Waals surface area contributed by atoms with Gasteiger partial charge in [-0.15, -0.1) is 0 Å². The summed E-state index contributed by atoms with van der Waals surface area (Å²) in [5.74, 6) is 0.175. The molecule has 0 amide bonds. The lowest BCUT2D eigenvalue weighted by molar-refractivity contribution is -0.166. The van der Waals surface area contributed by atoms with E-state index in [1.165, 1.54) is 7.11 Å². The van der Waals surface area contributed by atoms with E-state index in [0.29, 0.717) is 24.7 Å². The summed E-state index contributed by atoms with van der Waals surface area (Å²) in [5, 5.41) is 0. The second-order valence-electron chi connectivity index (χ2n) is 5.20. The third-order valence-corrected chi connectivity index (χ3v) is 3.56. The second kappa shape index (κ2) is 4.34. The van der Waals surface area contributed by atoms with E-state index in [2.05, 4.69) is 0 Å². The van der Waals surface area contributed by atoms with Crippen LogP contribution in [0.2, 0.25) is 0 Å². The molecule has 1 aliphatic heterocycles. The summed E-state index contributed by atoms with van der Waals surface area (Å²) >= 11 is 0. The maximum Gasteiger partial charge on any atom is 0.337 e. The Morgan fingerprint density at radius 3 is 2.75 bits per heavy atom. The molecule has 0 spiro atoms. The average molecular weight is 228 g/mol. The van der Waals surface area contributed by atoms with Crippen molar-refractivity contribution in [3.05, 3.63) is 0 Å². The minimum Gasteiger partial charge on any atom is -0.463 e. The van der Waals surface area contributed by atoms with Crippen LogP contribution in [-0.2, 0) is 19.0 Å². The van der Waals surface area contributed by atoms with E-state index in [9.17, 15) is 4.79 Å². The zero-order chi connectivity index (χ0) is 11.8. The van der Waals surface area contributed by atoms with Crippen molar-refractivity contribution in [2.75, 3.05) is 13.7 Å². The van der Waals surface area contributed by atoms with Gasteiger partial charge in [0.2, 0.25) is 0 Å². The van der Waals surface area contributed by atoms with Crippen LogP contribution in [0.3, 0.4) is 0 Å². The summed E-state index contributed by atoms with van der Waals surface area (Å²) in [6.45, 7) is 3.94. The first kappa shape index (κ1) is 11.9. The van der Waals surface area contributed by atoms with Gasteiger partial charge in [-0.25, -0.2) is 4.79 Å². The number of carbonyl (C=O) groups is 1. The lowest BCUT2D eigenvalue weighted by atomic mass is 9.90. The van der Waals surface area contributed by atoms with Crippen LogP contribution in [0, 0.1) is 5.92 Å². The molecule has 0 aromatic carbocycles. The van der Waals surface area contributed by atoms with Crippen LogP contribution in [-0.4, -0.2) is 37.5 Å². The molecule has 1 heterocycles. The Balaban J connectivity index is 1.72. The number of hydrogen-bond acceptors (Lipinski definition) is 4. The van der Waals surface area contributed by atoms with E-state index in [1.54, 1.807) is 13.8 Å². The Morgan fingerprint density at radius 2 is 2.12 bits per heavy atom. The van der Waals surface area contributed by atoms with Gasteiger partial charge in [-0.05, 0) is 39.0 Å². The van der Waals surface area contributed by atoms with E-state index >= 15 is 0 Å². The Hall–Kier alpha value is -0.610. The predicted octanol–water partition coefficient (Wildman–Crippen LogP) is 1.52. The first-order chi connectivity index (χ1) is 7.53. The number of ether oxygens (including phenoxy) is 3. The van der Waals surface area contributed by atoms with E-state index < -0.39 is 5.60 Å². The molecule has 2 fully saturated rings. The molecular formula is C12H20O4. The van der Waals surface area contributed by atoms with Crippen LogP contribution in [0.25, 0.3) is 0 Å². The van der Waals surface area contributed by atoms with Crippen molar-refractivity contribution in [3.63, 3.8) is 0 Å². The number of fused-ring (bicyclic) bond motifs is 1. The highest BCUT2D eigenvalue weighted by Gasteiger charge is 2.44. The minimum atomic E-state index is -0.840. The normalized spacial score (nSPS) is 33.1. The Kier molecular flexibility index (Phi) is 3.22. The molecule has 4 heteroatoms. The molecule has 1 saturated carbocycles. The Bertz CT molecular complexity index is 274. The SMILES string of the molecule is COC(C)(C)C(=O)OCC1CCC2OC2C1. The molecule has 0 bridgehead atoms. The lowest BCUT2D eigenvalue weighted by Gasteiger charge is -2.24. The topological polar surface area (TPSA) is 48.1 Å². The third-order valence-electron chi connectivity index (χ3n) is 3.56. The standard InChI is InChI=1S/C12H20O4/c1-12(2,14-3)11(13)15-7-8-4-5-9-10(6-8)16-9/h8-10H,4-7H2,1-3H3. The highest BCUT2D eigenvalue weighted by Crippen LogP contribution is 2.39. The van der Waals surface area contributed by atoms with Gasteiger partial charge in [0.25, 0.3) is 0 Å². The predicted molar refractivity (Wildman–Crippen MR) is 58.0 cm³/mol. The molecule has 1 aliphatic carbocycles. The van der Waals surface area contributed by atoms with Gasteiger partial charge in [0.15, 0.2) is 5.60 Å². The van der Waals surface area contributed by atoms with E-state index in [1.807, 2.05) is 0 Å². The largest absolute Gasteiger partial charge is 0.463 e. The van der Waals surface area contributed by atoms with Gasteiger partial charge in [0.1, 0.15) is 0 Å². The van der Waals surface area contributed by atoms with Gasteiger partial charge in [-0.3, -0.25) is 0 Å². The number of rotatable bonds is 4. The lowest BCUT2D eigenvalue weighted by Crippen LogP contribution is -2.36. The van der Waals surface area contributed by atoms with Crippen molar-refractivity contribution >= 4 is 5.97 Å². The molecule has 2 aliphatic rings. The first-order valence-corrected chi connectivity index (χ1v) is 5.91. The van der Waals surface area contributed by atoms with Crippen molar-refractivity contribution in [1.29, 1.82) is 0 Å². The summed E-state index contributed by atoms with van der Waals surface area (Å²) < 4.78 is 15.8. The van der Waals surface area contributed by atoms with Gasteiger partial charge >= 0.3 is 5.97 Å². The monoisotopic (exact) mass is 228 g/mol. The van der Waals surface area contributed by atoms with Gasteiger partial charge in [0, 0.05) is 7.11 Å². The number of hydrogen-bond donors (Lipinski definition) is 0. The van der Waals surface area contributed by atoms with Crippen molar-refractivity contribution < 1.29 is 19.0 Å². The molecule has 0 N–H and O–H groups in total. The summed E-state index contributed by atoms with van der Waals surface area (Å²) in [7, 11) is 1.52. The van der Waals surface area contributed by atoms with Crippen molar-refractivity contribution in [3.8, 4) is 0 Å². The van der Waals surface area contributed by atoms with Crippen molar-refractivity contribution in [1.82, 2.24) is 0 Å². The van der Waals surface area contributed by atoms with E-state index in [4.69, 9.17) is 14.2 Å². The fourth-order valence-electron chi connectivity index (χ4n) is 2.09. The maximum absolute atomic E-state index is 11.7. The average Bonchev–Trinajstić information content (AvgIpc) is 3.03. The summed E-state index contributed by atoms with van der Waals surface area (Å²) in [6.07, 6.45) is 4.18. The van der Waals surface area contributed by atoms with Crippen LogP contribution in [0.15, 0.2) is 0 Å². The van der Waals surface area contributed by atoms with Crippen LogP contribution in [0.1, 0.15) is 33.1 Å².